The molecule has 0 unspecified atom stereocenters. The molecule has 0 spiro atoms. The SMILES string of the molecule is Cn1nc(CC(=O)c2ccc(Br)cc2F)c2ccccc21. The first kappa shape index (κ1) is 13.9. The summed E-state index contributed by atoms with van der Waals surface area (Å²) < 4.78 is 16.2. The Labute approximate surface area is 129 Å². The van der Waals surface area contributed by atoms with Gasteiger partial charge < -0.3 is 0 Å². The standard InChI is InChI=1S/C16H12BrFN2O/c1-20-15-5-3-2-4-12(15)14(19-20)9-16(21)11-7-6-10(17)8-13(11)18/h2-8H,9H2,1H3. The fourth-order valence-electron chi connectivity index (χ4n) is 2.38. The largest absolute Gasteiger partial charge is 0.294 e. The van der Waals surface area contributed by atoms with E-state index in [4.69, 9.17) is 0 Å². The van der Waals surface area contributed by atoms with E-state index in [9.17, 15) is 9.18 Å². The number of ketones is 1. The van der Waals surface area contributed by atoms with E-state index >= 15 is 0 Å². The molecule has 2 aromatic carbocycles. The predicted molar refractivity (Wildman–Crippen MR) is 82.8 cm³/mol. The zero-order valence-electron chi connectivity index (χ0n) is 11.3. The molecule has 0 radical (unpaired) electrons. The van der Waals surface area contributed by atoms with Gasteiger partial charge in [-0.2, -0.15) is 5.10 Å². The molecule has 0 saturated carbocycles. The summed E-state index contributed by atoms with van der Waals surface area (Å²) in [5, 5.41) is 5.29. The van der Waals surface area contributed by atoms with E-state index in [2.05, 4.69) is 21.0 Å². The molecule has 5 heteroatoms. The average Bonchev–Trinajstić information content (AvgIpc) is 2.76. The normalized spacial score (nSPS) is 11.0. The number of nitrogens with zero attached hydrogens (tertiary/aromatic N) is 2. The molecule has 3 aromatic rings. The number of rotatable bonds is 3. The fraction of sp³-hybridized carbons (Fsp3) is 0.125. The molecular formula is C16H12BrFN2O. The molecule has 0 aliphatic carbocycles. The highest BCUT2D eigenvalue weighted by atomic mass is 79.9. The van der Waals surface area contributed by atoms with Gasteiger partial charge in [0.25, 0.3) is 0 Å². The van der Waals surface area contributed by atoms with E-state index < -0.39 is 5.82 Å². The second-order valence-corrected chi connectivity index (χ2v) is 5.73. The Morgan fingerprint density at radius 2 is 2.05 bits per heavy atom. The lowest BCUT2D eigenvalue weighted by Gasteiger charge is -2.02. The molecule has 1 aromatic heterocycles. The van der Waals surface area contributed by atoms with Crippen molar-refractivity contribution in [3.8, 4) is 0 Å². The number of aryl methyl sites for hydroxylation is 1. The third-order valence-electron chi connectivity index (χ3n) is 3.39. The Balaban J connectivity index is 1.97. The van der Waals surface area contributed by atoms with Gasteiger partial charge in [0.2, 0.25) is 0 Å². The Morgan fingerprint density at radius 3 is 2.81 bits per heavy atom. The van der Waals surface area contributed by atoms with Crippen molar-refractivity contribution in [2.75, 3.05) is 0 Å². The number of benzene rings is 2. The van der Waals surface area contributed by atoms with E-state index in [0.717, 1.165) is 10.9 Å². The lowest BCUT2D eigenvalue weighted by molar-refractivity contribution is 0.0988. The van der Waals surface area contributed by atoms with E-state index in [0.29, 0.717) is 10.2 Å². The number of Topliss-reactive ketones (excluding diaryl/α,β-unsaturated/α-hetero) is 1. The van der Waals surface area contributed by atoms with Crippen LogP contribution in [-0.2, 0) is 13.5 Å². The molecule has 0 N–H and O–H groups in total. The van der Waals surface area contributed by atoms with Crippen LogP contribution < -0.4 is 0 Å². The Morgan fingerprint density at radius 1 is 1.29 bits per heavy atom. The highest BCUT2D eigenvalue weighted by molar-refractivity contribution is 9.10. The molecule has 106 valence electrons. The van der Waals surface area contributed by atoms with Crippen LogP contribution in [0.4, 0.5) is 4.39 Å². The molecule has 0 bridgehead atoms. The second-order valence-electron chi connectivity index (χ2n) is 4.81. The van der Waals surface area contributed by atoms with Gasteiger partial charge in [-0.15, -0.1) is 0 Å². The van der Waals surface area contributed by atoms with Gasteiger partial charge >= 0.3 is 0 Å². The summed E-state index contributed by atoms with van der Waals surface area (Å²) in [7, 11) is 1.83. The van der Waals surface area contributed by atoms with Crippen LogP contribution in [0.5, 0.6) is 0 Å². The summed E-state index contributed by atoms with van der Waals surface area (Å²) in [6, 6.07) is 12.1. The minimum atomic E-state index is -0.519. The fourth-order valence-corrected chi connectivity index (χ4v) is 2.72. The Hall–Kier alpha value is -2.01. The maximum atomic E-state index is 13.8. The van der Waals surface area contributed by atoms with E-state index in [1.165, 1.54) is 12.1 Å². The van der Waals surface area contributed by atoms with Crippen molar-refractivity contribution in [2.24, 2.45) is 7.05 Å². The number of halogens is 2. The lowest BCUT2D eigenvalue weighted by atomic mass is 10.0. The Bertz CT molecular complexity index is 841. The van der Waals surface area contributed by atoms with Gasteiger partial charge in [0.1, 0.15) is 5.82 Å². The lowest BCUT2D eigenvalue weighted by Crippen LogP contribution is -2.07. The molecule has 3 nitrogen and oxygen atoms in total. The van der Waals surface area contributed by atoms with Gasteiger partial charge in [-0.05, 0) is 24.3 Å². The second kappa shape index (κ2) is 5.41. The molecule has 0 aliphatic rings. The van der Waals surface area contributed by atoms with Crippen molar-refractivity contribution in [1.29, 1.82) is 0 Å². The molecule has 0 aliphatic heterocycles. The van der Waals surface area contributed by atoms with Crippen molar-refractivity contribution < 1.29 is 9.18 Å². The van der Waals surface area contributed by atoms with E-state index in [1.807, 2.05) is 31.3 Å². The van der Waals surface area contributed by atoms with Gasteiger partial charge in [-0.3, -0.25) is 9.48 Å². The summed E-state index contributed by atoms with van der Waals surface area (Å²) in [4.78, 5) is 12.3. The molecule has 0 amide bonds. The van der Waals surface area contributed by atoms with Gasteiger partial charge in [-0.1, -0.05) is 34.1 Å². The van der Waals surface area contributed by atoms with Crippen molar-refractivity contribution in [3.63, 3.8) is 0 Å². The minimum absolute atomic E-state index is 0.0832. The zero-order chi connectivity index (χ0) is 15.0. The third kappa shape index (κ3) is 2.61. The summed E-state index contributed by atoms with van der Waals surface area (Å²) in [5.41, 5.74) is 1.71. The monoisotopic (exact) mass is 346 g/mol. The van der Waals surface area contributed by atoms with Crippen LogP contribution in [0, 0.1) is 5.82 Å². The summed E-state index contributed by atoms with van der Waals surface area (Å²) in [5.74, 6) is -0.793. The van der Waals surface area contributed by atoms with Crippen LogP contribution >= 0.6 is 15.9 Å². The number of hydrogen-bond donors (Lipinski definition) is 0. The first-order chi connectivity index (χ1) is 10.1. The molecule has 0 saturated heterocycles. The van der Waals surface area contributed by atoms with E-state index in [-0.39, 0.29) is 17.8 Å². The van der Waals surface area contributed by atoms with Crippen LogP contribution in [0.1, 0.15) is 16.1 Å². The van der Waals surface area contributed by atoms with Crippen molar-refractivity contribution in [3.05, 3.63) is 64.0 Å². The molecule has 3 rings (SSSR count). The number of para-hydroxylation sites is 1. The predicted octanol–water partition coefficient (Wildman–Crippen LogP) is 3.90. The van der Waals surface area contributed by atoms with Crippen molar-refractivity contribution in [1.82, 2.24) is 9.78 Å². The summed E-state index contributed by atoms with van der Waals surface area (Å²) in [6.45, 7) is 0. The number of carbonyl (C=O) groups excluding carboxylic acids is 1. The third-order valence-corrected chi connectivity index (χ3v) is 3.89. The number of fused-ring (bicyclic) bond motifs is 1. The quantitative estimate of drug-likeness (QED) is 0.674. The van der Waals surface area contributed by atoms with Crippen LogP contribution in [0.3, 0.4) is 0 Å². The highest BCUT2D eigenvalue weighted by Crippen LogP contribution is 2.21. The maximum Gasteiger partial charge on any atom is 0.171 e. The number of hydrogen-bond acceptors (Lipinski definition) is 2. The van der Waals surface area contributed by atoms with Crippen molar-refractivity contribution in [2.45, 2.75) is 6.42 Å². The van der Waals surface area contributed by atoms with Crippen LogP contribution in [0.2, 0.25) is 0 Å². The van der Waals surface area contributed by atoms with Crippen molar-refractivity contribution >= 4 is 32.6 Å². The maximum absolute atomic E-state index is 13.8. The molecule has 0 fully saturated rings. The smallest absolute Gasteiger partial charge is 0.171 e. The molecule has 1 heterocycles. The molecule has 21 heavy (non-hydrogen) atoms. The highest BCUT2D eigenvalue weighted by Gasteiger charge is 2.16. The topological polar surface area (TPSA) is 34.9 Å². The zero-order valence-corrected chi connectivity index (χ0v) is 12.9. The van der Waals surface area contributed by atoms with Crippen LogP contribution in [0.15, 0.2) is 46.9 Å². The first-order valence-corrected chi connectivity index (χ1v) is 7.24. The number of carbonyl (C=O) groups is 1. The molecule has 0 atom stereocenters. The summed E-state index contributed by atoms with van der Waals surface area (Å²) >= 11 is 3.18. The van der Waals surface area contributed by atoms with Crippen LogP contribution in [-0.4, -0.2) is 15.6 Å². The molecular weight excluding hydrogens is 335 g/mol. The average molecular weight is 347 g/mol. The first-order valence-electron chi connectivity index (χ1n) is 6.45. The van der Waals surface area contributed by atoms with Gasteiger partial charge in [-0.25, -0.2) is 4.39 Å². The number of aromatic nitrogens is 2. The van der Waals surface area contributed by atoms with E-state index in [1.54, 1.807) is 10.7 Å². The van der Waals surface area contributed by atoms with Gasteiger partial charge in [0, 0.05) is 16.9 Å². The minimum Gasteiger partial charge on any atom is -0.294 e. The van der Waals surface area contributed by atoms with Crippen LogP contribution in [0.25, 0.3) is 10.9 Å². The Kier molecular flexibility index (Phi) is 3.59. The van der Waals surface area contributed by atoms with Gasteiger partial charge in [0.15, 0.2) is 5.78 Å². The van der Waals surface area contributed by atoms with Gasteiger partial charge in [0.05, 0.1) is 23.2 Å². The summed E-state index contributed by atoms with van der Waals surface area (Å²) in [6.07, 6.45) is 0.0832.